The third kappa shape index (κ3) is 3.76. The minimum absolute atomic E-state index is 0.222. The van der Waals surface area contributed by atoms with E-state index in [2.05, 4.69) is 10.3 Å². The summed E-state index contributed by atoms with van der Waals surface area (Å²) < 4.78 is 5.59. The van der Waals surface area contributed by atoms with E-state index in [0.717, 1.165) is 33.8 Å². The van der Waals surface area contributed by atoms with Gasteiger partial charge in [0, 0.05) is 17.7 Å². The number of pyridine rings is 1. The highest BCUT2D eigenvalue weighted by molar-refractivity contribution is 6.06. The minimum Gasteiger partial charge on any atom is -0.454 e. The van der Waals surface area contributed by atoms with Gasteiger partial charge in [-0.15, -0.1) is 0 Å². The van der Waals surface area contributed by atoms with E-state index >= 15 is 0 Å². The monoisotopic (exact) mass is 386 g/mol. The van der Waals surface area contributed by atoms with Crippen LogP contribution in [0.2, 0.25) is 0 Å². The van der Waals surface area contributed by atoms with Crippen LogP contribution in [-0.2, 0) is 11.2 Å². The topological polar surface area (TPSA) is 68.3 Å². The zero-order chi connectivity index (χ0) is 20.5. The van der Waals surface area contributed by atoms with Crippen molar-refractivity contribution < 1.29 is 14.3 Å². The quantitative estimate of drug-likeness (QED) is 0.662. The number of carbonyl (C=O) groups excluding carboxylic acids is 2. The average Bonchev–Trinajstić information content (AvgIpc) is 2.70. The Hall–Kier alpha value is -3.47. The molecule has 0 bridgehead atoms. The summed E-state index contributed by atoms with van der Waals surface area (Å²) >= 11 is 0. The number of rotatable bonds is 3. The zero-order valence-electron chi connectivity index (χ0n) is 16.7. The van der Waals surface area contributed by atoms with Crippen molar-refractivity contribution in [3.05, 3.63) is 93.8 Å². The van der Waals surface area contributed by atoms with Crippen LogP contribution in [0.1, 0.15) is 54.9 Å². The van der Waals surface area contributed by atoms with Crippen molar-refractivity contribution in [1.29, 1.82) is 0 Å². The van der Waals surface area contributed by atoms with Crippen molar-refractivity contribution in [2.45, 2.75) is 33.3 Å². The van der Waals surface area contributed by atoms with E-state index in [1.807, 2.05) is 57.2 Å². The van der Waals surface area contributed by atoms with Gasteiger partial charge in [-0.25, -0.2) is 4.79 Å². The van der Waals surface area contributed by atoms with Crippen LogP contribution >= 0.6 is 0 Å². The van der Waals surface area contributed by atoms with Crippen LogP contribution < -0.4 is 5.32 Å². The van der Waals surface area contributed by atoms with Crippen molar-refractivity contribution in [2.75, 3.05) is 5.32 Å². The van der Waals surface area contributed by atoms with Crippen LogP contribution in [0.5, 0.6) is 0 Å². The van der Waals surface area contributed by atoms with Crippen LogP contribution in [-0.4, -0.2) is 16.9 Å². The summed E-state index contributed by atoms with van der Waals surface area (Å²) in [5, 5.41) is 2.97. The number of carbonyl (C=O) groups is 2. The molecule has 0 radical (unpaired) electrons. The molecule has 146 valence electrons. The lowest BCUT2D eigenvalue weighted by molar-refractivity contribution is 0.0252. The maximum absolute atomic E-state index is 12.9. The highest BCUT2D eigenvalue weighted by Crippen LogP contribution is 2.31. The maximum Gasteiger partial charge on any atom is 0.339 e. The molecule has 0 saturated carbocycles. The van der Waals surface area contributed by atoms with Crippen LogP contribution in [0, 0.1) is 20.8 Å². The van der Waals surface area contributed by atoms with Crippen molar-refractivity contribution in [3.63, 3.8) is 0 Å². The van der Waals surface area contributed by atoms with Gasteiger partial charge in [-0.3, -0.25) is 9.78 Å². The van der Waals surface area contributed by atoms with Gasteiger partial charge in [0.2, 0.25) is 0 Å². The molecule has 0 saturated heterocycles. The molecule has 0 fully saturated rings. The molecule has 2 heterocycles. The summed E-state index contributed by atoms with van der Waals surface area (Å²) in [5.74, 6) is -0.582. The molecule has 2 aromatic carbocycles. The number of fused-ring (bicyclic) bond motifs is 1. The number of amides is 1. The van der Waals surface area contributed by atoms with Gasteiger partial charge < -0.3 is 10.1 Å². The fourth-order valence-electron chi connectivity index (χ4n) is 3.79. The minimum atomic E-state index is -0.360. The number of esters is 1. The highest BCUT2D eigenvalue weighted by Gasteiger charge is 2.28. The van der Waals surface area contributed by atoms with E-state index in [1.54, 1.807) is 18.2 Å². The molecule has 1 aliphatic heterocycles. The summed E-state index contributed by atoms with van der Waals surface area (Å²) in [5.41, 5.74) is 6.16. The Morgan fingerprint density at radius 1 is 1.07 bits per heavy atom. The standard InChI is InChI=1S/C24H22N2O3/c1-14-11-15(2)25-16(3)22(14)26-23(27)18-9-10-20-19(12-18)13-21(29-24(20)28)17-7-5-4-6-8-17/h4-12,21H,13H2,1-3H3,(H,26,27). The van der Waals surface area contributed by atoms with Gasteiger partial charge in [-0.1, -0.05) is 30.3 Å². The Morgan fingerprint density at radius 3 is 2.55 bits per heavy atom. The molecule has 4 rings (SSSR count). The maximum atomic E-state index is 12.9. The lowest BCUT2D eigenvalue weighted by Crippen LogP contribution is -2.23. The number of nitrogens with zero attached hydrogens (tertiary/aromatic N) is 1. The number of ether oxygens (including phenoxy) is 1. The second kappa shape index (κ2) is 7.51. The molecule has 1 N–H and O–H groups in total. The Balaban J connectivity index is 1.61. The van der Waals surface area contributed by atoms with Crippen molar-refractivity contribution in [2.24, 2.45) is 0 Å². The molecule has 3 aromatic rings. The van der Waals surface area contributed by atoms with Crippen LogP contribution in [0.25, 0.3) is 0 Å². The summed E-state index contributed by atoms with van der Waals surface area (Å²) in [6.45, 7) is 5.75. The molecule has 1 aliphatic rings. The van der Waals surface area contributed by atoms with Crippen LogP contribution in [0.4, 0.5) is 5.69 Å². The number of aryl methyl sites for hydroxylation is 3. The second-order valence-corrected chi connectivity index (χ2v) is 7.38. The van der Waals surface area contributed by atoms with Gasteiger partial charge in [0.05, 0.1) is 16.9 Å². The molecule has 1 atom stereocenters. The predicted molar refractivity (Wildman–Crippen MR) is 111 cm³/mol. The molecular weight excluding hydrogens is 364 g/mol. The second-order valence-electron chi connectivity index (χ2n) is 7.38. The Labute approximate surface area is 169 Å². The van der Waals surface area contributed by atoms with Crippen molar-refractivity contribution in [3.8, 4) is 0 Å². The van der Waals surface area contributed by atoms with Gasteiger partial charge in [-0.05, 0) is 61.7 Å². The molecule has 0 spiro atoms. The first-order valence-corrected chi connectivity index (χ1v) is 9.57. The van der Waals surface area contributed by atoms with Gasteiger partial charge in [-0.2, -0.15) is 0 Å². The predicted octanol–water partition coefficient (Wildman–Crippen LogP) is 4.71. The summed E-state index contributed by atoms with van der Waals surface area (Å²) in [6.07, 6.45) is 0.191. The van der Waals surface area contributed by atoms with Crippen molar-refractivity contribution in [1.82, 2.24) is 4.98 Å². The first-order chi connectivity index (χ1) is 13.9. The molecule has 29 heavy (non-hydrogen) atoms. The first-order valence-electron chi connectivity index (χ1n) is 9.57. The van der Waals surface area contributed by atoms with E-state index in [0.29, 0.717) is 17.5 Å². The van der Waals surface area contributed by atoms with Crippen LogP contribution in [0.3, 0.4) is 0 Å². The summed E-state index contributed by atoms with van der Waals surface area (Å²) in [6, 6.07) is 16.7. The highest BCUT2D eigenvalue weighted by atomic mass is 16.5. The normalized spacial score (nSPS) is 15.4. The number of anilines is 1. The molecule has 5 nitrogen and oxygen atoms in total. The molecule has 1 aromatic heterocycles. The smallest absolute Gasteiger partial charge is 0.339 e. The summed E-state index contributed by atoms with van der Waals surface area (Å²) in [7, 11) is 0. The van der Waals surface area contributed by atoms with E-state index in [1.165, 1.54) is 0 Å². The molecule has 5 heteroatoms. The number of aromatic nitrogens is 1. The molecule has 1 unspecified atom stereocenters. The molecule has 1 amide bonds. The summed E-state index contributed by atoms with van der Waals surface area (Å²) in [4.78, 5) is 29.7. The van der Waals surface area contributed by atoms with Gasteiger partial charge in [0.1, 0.15) is 6.10 Å². The van der Waals surface area contributed by atoms with Gasteiger partial charge in [0.15, 0.2) is 0 Å². The van der Waals surface area contributed by atoms with E-state index in [-0.39, 0.29) is 18.0 Å². The lowest BCUT2D eigenvalue weighted by atomic mass is 9.93. The Bertz CT molecular complexity index is 1080. The van der Waals surface area contributed by atoms with E-state index in [9.17, 15) is 9.59 Å². The van der Waals surface area contributed by atoms with Crippen molar-refractivity contribution >= 4 is 17.6 Å². The SMILES string of the molecule is Cc1cc(C)c(NC(=O)c2ccc3c(c2)CC(c2ccccc2)OC3=O)c(C)n1. The van der Waals surface area contributed by atoms with Gasteiger partial charge in [0.25, 0.3) is 5.91 Å². The number of cyclic esters (lactones) is 1. The van der Waals surface area contributed by atoms with Gasteiger partial charge >= 0.3 is 5.97 Å². The number of nitrogens with one attached hydrogen (secondary N) is 1. The third-order valence-corrected chi connectivity index (χ3v) is 5.18. The molecule has 0 aliphatic carbocycles. The fraction of sp³-hybridized carbons (Fsp3) is 0.208. The number of benzene rings is 2. The average molecular weight is 386 g/mol. The Kier molecular flexibility index (Phi) is 4.89. The number of hydrogen-bond acceptors (Lipinski definition) is 4. The third-order valence-electron chi connectivity index (χ3n) is 5.18. The molecular formula is C24H22N2O3. The van der Waals surface area contributed by atoms with E-state index in [4.69, 9.17) is 4.74 Å². The van der Waals surface area contributed by atoms with Crippen LogP contribution in [0.15, 0.2) is 54.6 Å². The Morgan fingerprint density at radius 2 is 1.83 bits per heavy atom. The fourth-order valence-corrected chi connectivity index (χ4v) is 3.79. The zero-order valence-corrected chi connectivity index (χ0v) is 16.7. The first kappa shape index (κ1) is 18.9. The lowest BCUT2D eigenvalue weighted by Gasteiger charge is -2.25. The van der Waals surface area contributed by atoms with E-state index < -0.39 is 0 Å². The largest absolute Gasteiger partial charge is 0.454 e. The number of hydrogen-bond donors (Lipinski definition) is 1.